The maximum atomic E-state index is 5.83. The molecule has 0 aliphatic carbocycles. The molecular formula is C12H12N4S. The fourth-order valence-electron chi connectivity index (χ4n) is 1.96. The molecule has 2 N–H and O–H groups in total. The molecule has 3 heterocycles. The van der Waals surface area contributed by atoms with Crippen LogP contribution in [0, 0.1) is 6.92 Å². The number of hydrogen-bond donors (Lipinski definition) is 1. The third-order valence-corrected chi connectivity index (χ3v) is 3.83. The van der Waals surface area contributed by atoms with Crippen molar-refractivity contribution in [2.24, 2.45) is 7.05 Å². The van der Waals surface area contributed by atoms with Gasteiger partial charge in [0, 0.05) is 13.2 Å². The maximum absolute atomic E-state index is 5.83. The molecule has 4 nitrogen and oxygen atoms in total. The van der Waals surface area contributed by atoms with Crippen molar-refractivity contribution >= 4 is 27.5 Å². The number of nitrogens with two attached hydrogens (primary N) is 1. The molecule has 3 aromatic heterocycles. The van der Waals surface area contributed by atoms with Gasteiger partial charge in [0.05, 0.1) is 9.88 Å². The lowest BCUT2D eigenvalue weighted by atomic mass is 10.3. The van der Waals surface area contributed by atoms with Gasteiger partial charge in [0.2, 0.25) is 0 Å². The lowest BCUT2D eigenvalue weighted by Gasteiger charge is -1.99. The van der Waals surface area contributed by atoms with E-state index in [1.165, 1.54) is 0 Å². The van der Waals surface area contributed by atoms with Gasteiger partial charge >= 0.3 is 0 Å². The number of nitrogen functional groups attached to an aromatic ring is 1. The van der Waals surface area contributed by atoms with Crippen molar-refractivity contribution in [2.75, 3.05) is 5.73 Å². The van der Waals surface area contributed by atoms with Gasteiger partial charge in [-0.3, -0.25) is 0 Å². The summed E-state index contributed by atoms with van der Waals surface area (Å²) in [7, 11) is 1.98. The van der Waals surface area contributed by atoms with E-state index in [1.54, 1.807) is 17.5 Å². The molecule has 17 heavy (non-hydrogen) atoms. The van der Waals surface area contributed by atoms with Crippen molar-refractivity contribution in [1.29, 1.82) is 0 Å². The minimum Gasteiger partial charge on any atom is -0.391 e. The highest BCUT2D eigenvalue weighted by Crippen LogP contribution is 2.34. The van der Waals surface area contributed by atoms with E-state index in [0.29, 0.717) is 0 Å². The molecular weight excluding hydrogens is 232 g/mol. The number of pyridine rings is 1. The Labute approximate surface area is 103 Å². The number of fused-ring (bicyclic) bond motifs is 1. The first-order valence-electron chi connectivity index (χ1n) is 5.30. The van der Waals surface area contributed by atoms with Crippen molar-refractivity contribution in [3.63, 3.8) is 0 Å². The summed E-state index contributed by atoms with van der Waals surface area (Å²) in [5.41, 5.74) is 8.80. The van der Waals surface area contributed by atoms with E-state index in [4.69, 9.17) is 5.73 Å². The first kappa shape index (κ1) is 10.3. The van der Waals surface area contributed by atoms with E-state index >= 15 is 0 Å². The van der Waals surface area contributed by atoms with Crippen LogP contribution in [0.1, 0.15) is 5.56 Å². The summed E-state index contributed by atoms with van der Waals surface area (Å²) in [5, 5.41) is 0.817. The lowest BCUT2D eigenvalue weighted by molar-refractivity contribution is 0.944. The number of nitrogens with zero attached hydrogens (tertiary/aromatic N) is 3. The van der Waals surface area contributed by atoms with Crippen LogP contribution in [0.25, 0.3) is 21.9 Å². The first-order valence-corrected chi connectivity index (χ1v) is 6.12. The molecule has 0 saturated heterocycles. The molecule has 86 valence electrons. The zero-order valence-electron chi connectivity index (χ0n) is 9.64. The van der Waals surface area contributed by atoms with Crippen molar-refractivity contribution in [3.8, 4) is 10.7 Å². The van der Waals surface area contributed by atoms with Crippen LogP contribution in [0.15, 0.2) is 24.4 Å². The van der Waals surface area contributed by atoms with Crippen LogP contribution < -0.4 is 5.73 Å². The molecule has 0 aliphatic heterocycles. The number of anilines is 1. The van der Waals surface area contributed by atoms with Crippen molar-refractivity contribution in [3.05, 3.63) is 30.0 Å². The lowest BCUT2D eigenvalue weighted by Crippen LogP contribution is -1.92. The smallest absolute Gasteiger partial charge is 0.160 e. The normalized spacial score (nSPS) is 11.2. The second-order valence-electron chi connectivity index (χ2n) is 4.00. The van der Waals surface area contributed by atoms with Gasteiger partial charge in [0.1, 0.15) is 5.52 Å². The summed E-state index contributed by atoms with van der Waals surface area (Å²) in [5.74, 6) is 0.929. The van der Waals surface area contributed by atoms with Crippen LogP contribution >= 0.6 is 11.3 Å². The van der Waals surface area contributed by atoms with Crippen molar-refractivity contribution in [1.82, 2.24) is 14.5 Å². The van der Waals surface area contributed by atoms with E-state index in [0.717, 1.165) is 32.4 Å². The molecule has 0 aromatic carbocycles. The molecule has 3 aromatic rings. The maximum Gasteiger partial charge on any atom is 0.160 e. The highest BCUT2D eigenvalue weighted by molar-refractivity contribution is 7.19. The molecule has 0 atom stereocenters. The minimum atomic E-state index is 0.817. The van der Waals surface area contributed by atoms with E-state index in [-0.39, 0.29) is 0 Å². The Bertz CT molecular complexity index is 696. The second-order valence-corrected chi connectivity index (χ2v) is 5.09. The third-order valence-electron chi connectivity index (χ3n) is 2.77. The predicted molar refractivity (Wildman–Crippen MR) is 71.0 cm³/mol. The van der Waals surface area contributed by atoms with Crippen LogP contribution in [0.4, 0.5) is 5.00 Å². The van der Waals surface area contributed by atoms with E-state index in [2.05, 4.69) is 16.9 Å². The number of aromatic nitrogens is 3. The topological polar surface area (TPSA) is 56.7 Å². The predicted octanol–water partition coefficient (Wildman–Crippen LogP) is 2.59. The molecule has 0 spiro atoms. The van der Waals surface area contributed by atoms with E-state index < -0.39 is 0 Å². The zero-order valence-corrected chi connectivity index (χ0v) is 10.5. The molecule has 0 radical (unpaired) electrons. The van der Waals surface area contributed by atoms with Gasteiger partial charge in [-0.05, 0) is 30.7 Å². The van der Waals surface area contributed by atoms with Crippen molar-refractivity contribution in [2.45, 2.75) is 6.92 Å². The van der Waals surface area contributed by atoms with Gasteiger partial charge in [-0.25, -0.2) is 9.97 Å². The summed E-state index contributed by atoms with van der Waals surface area (Å²) in [6.07, 6.45) is 1.78. The Morgan fingerprint density at radius 1 is 1.41 bits per heavy atom. The first-order chi connectivity index (χ1) is 8.16. The second kappa shape index (κ2) is 3.56. The number of imidazole rings is 1. The zero-order chi connectivity index (χ0) is 12.0. The Morgan fingerprint density at radius 3 is 2.88 bits per heavy atom. The average Bonchev–Trinajstić information content (AvgIpc) is 2.80. The largest absolute Gasteiger partial charge is 0.391 e. The fraction of sp³-hybridized carbons (Fsp3) is 0.167. The highest BCUT2D eigenvalue weighted by Gasteiger charge is 2.14. The van der Waals surface area contributed by atoms with Gasteiger partial charge in [-0.15, -0.1) is 11.3 Å². The van der Waals surface area contributed by atoms with Crippen molar-refractivity contribution < 1.29 is 0 Å². The molecule has 0 amide bonds. The van der Waals surface area contributed by atoms with Crippen LogP contribution in [0.5, 0.6) is 0 Å². The Kier molecular flexibility index (Phi) is 2.16. The highest BCUT2D eigenvalue weighted by atomic mass is 32.1. The minimum absolute atomic E-state index is 0.817. The number of rotatable bonds is 1. The Morgan fingerprint density at radius 2 is 2.24 bits per heavy atom. The van der Waals surface area contributed by atoms with Crippen LogP contribution in [-0.4, -0.2) is 14.5 Å². The number of thiophene rings is 1. The molecule has 0 unspecified atom stereocenters. The molecule has 0 aliphatic rings. The molecule has 0 bridgehead atoms. The van der Waals surface area contributed by atoms with Crippen LogP contribution in [-0.2, 0) is 7.05 Å². The van der Waals surface area contributed by atoms with Gasteiger partial charge in [-0.2, -0.15) is 0 Å². The summed E-state index contributed by atoms with van der Waals surface area (Å²) in [6.45, 7) is 2.05. The fourth-order valence-corrected chi connectivity index (χ4v) is 2.92. The van der Waals surface area contributed by atoms with E-state index in [9.17, 15) is 0 Å². The quantitative estimate of drug-likeness (QED) is 0.715. The summed E-state index contributed by atoms with van der Waals surface area (Å²) < 4.78 is 2.01. The summed E-state index contributed by atoms with van der Waals surface area (Å²) in [4.78, 5) is 10.1. The summed E-state index contributed by atoms with van der Waals surface area (Å²) >= 11 is 1.56. The summed E-state index contributed by atoms with van der Waals surface area (Å²) in [6, 6.07) is 5.85. The van der Waals surface area contributed by atoms with Gasteiger partial charge in [0.15, 0.2) is 11.5 Å². The van der Waals surface area contributed by atoms with E-state index in [1.807, 2.05) is 29.8 Å². The molecule has 3 rings (SSSR count). The SMILES string of the molecule is Cc1cc(N)sc1-c1nc2cccnc2n1C. The standard InChI is InChI=1S/C12H12N4S/c1-7-6-9(13)17-10(7)12-15-8-4-3-5-14-11(8)16(12)2/h3-6H,13H2,1-2H3. The van der Waals surface area contributed by atoms with Crippen LogP contribution in [0.2, 0.25) is 0 Å². The van der Waals surface area contributed by atoms with Crippen LogP contribution in [0.3, 0.4) is 0 Å². The average molecular weight is 244 g/mol. The van der Waals surface area contributed by atoms with Gasteiger partial charge < -0.3 is 10.3 Å². The third kappa shape index (κ3) is 1.51. The van der Waals surface area contributed by atoms with Gasteiger partial charge in [-0.1, -0.05) is 0 Å². The number of aryl methyl sites for hydroxylation is 2. The molecule has 5 heteroatoms. The Hall–Kier alpha value is -1.88. The Balaban J connectivity index is 2.31. The molecule has 0 saturated carbocycles. The monoisotopic (exact) mass is 244 g/mol. The molecule has 0 fully saturated rings. The van der Waals surface area contributed by atoms with Gasteiger partial charge in [0.25, 0.3) is 0 Å². The number of hydrogen-bond acceptors (Lipinski definition) is 4.